The van der Waals surface area contributed by atoms with Gasteiger partial charge in [-0.15, -0.1) is 11.3 Å². The van der Waals surface area contributed by atoms with Crippen LogP contribution in [0.5, 0.6) is 0 Å². The molecule has 0 radical (unpaired) electrons. The first kappa shape index (κ1) is 15.5. The van der Waals surface area contributed by atoms with Crippen molar-refractivity contribution >= 4 is 17.2 Å². The molecule has 2 rings (SSSR count). The van der Waals surface area contributed by atoms with Crippen LogP contribution in [-0.2, 0) is 9.53 Å². The second-order valence-electron chi connectivity index (χ2n) is 6.05. The van der Waals surface area contributed by atoms with Crippen LogP contribution >= 0.6 is 11.3 Å². The Labute approximate surface area is 124 Å². The Kier molecular flexibility index (Phi) is 4.23. The van der Waals surface area contributed by atoms with Gasteiger partial charge in [-0.25, -0.2) is 0 Å². The highest BCUT2D eigenvalue weighted by atomic mass is 32.1. The molecule has 3 unspecified atom stereocenters. The number of nitrogens with one attached hydrogen (secondary N) is 1. The van der Waals surface area contributed by atoms with Crippen LogP contribution in [0, 0.1) is 5.41 Å². The van der Waals surface area contributed by atoms with Crippen molar-refractivity contribution in [3.05, 3.63) is 22.4 Å². The lowest BCUT2D eigenvalue weighted by Crippen LogP contribution is -2.75. The summed E-state index contributed by atoms with van der Waals surface area (Å²) in [4.78, 5) is 13.7. The fourth-order valence-corrected chi connectivity index (χ4v) is 3.49. The number of rotatable bonds is 5. The summed E-state index contributed by atoms with van der Waals surface area (Å²) in [6.45, 7) is 8.61. The molecule has 1 fully saturated rings. The third-order valence-corrected chi connectivity index (χ3v) is 5.61. The lowest BCUT2D eigenvalue weighted by atomic mass is 9.54. The molecule has 20 heavy (non-hydrogen) atoms. The van der Waals surface area contributed by atoms with Gasteiger partial charge in [0.25, 0.3) is 0 Å². The van der Waals surface area contributed by atoms with Crippen molar-refractivity contribution in [2.75, 3.05) is 6.61 Å². The molecule has 0 saturated heterocycles. The molecular formula is C15H24N2O2S. The highest BCUT2D eigenvalue weighted by molar-refractivity contribution is 7.10. The molecule has 1 heterocycles. The first-order valence-electron chi connectivity index (χ1n) is 7.07. The zero-order valence-electron chi connectivity index (χ0n) is 12.6. The largest absolute Gasteiger partial charge is 0.378 e. The molecule has 1 aromatic heterocycles. The number of hydrogen-bond donors (Lipinski definition) is 2. The smallest absolute Gasteiger partial charge is 0.241 e. The van der Waals surface area contributed by atoms with Crippen molar-refractivity contribution < 1.29 is 9.53 Å². The Balaban J connectivity index is 2.03. The summed E-state index contributed by atoms with van der Waals surface area (Å²) in [6, 6.07) is 4.00. The fourth-order valence-electron chi connectivity index (χ4n) is 2.75. The molecule has 4 nitrogen and oxygen atoms in total. The van der Waals surface area contributed by atoms with Gasteiger partial charge >= 0.3 is 0 Å². The predicted molar refractivity (Wildman–Crippen MR) is 81.6 cm³/mol. The van der Waals surface area contributed by atoms with Crippen LogP contribution in [0.4, 0.5) is 0 Å². The van der Waals surface area contributed by atoms with Gasteiger partial charge in [-0.05, 0) is 25.3 Å². The van der Waals surface area contributed by atoms with E-state index < -0.39 is 5.54 Å². The van der Waals surface area contributed by atoms with E-state index in [1.807, 2.05) is 45.2 Å². The first-order valence-corrected chi connectivity index (χ1v) is 7.95. The number of amides is 1. The van der Waals surface area contributed by atoms with E-state index in [9.17, 15) is 4.79 Å². The molecule has 1 aliphatic carbocycles. The minimum Gasteiger partial charge on any atom is -0.378 e. The Morgan fingerprint density at radius 3 is 2.85 bits per heavy atom. The summed E-state index contributed by atoms with van der Waals surface area (Å²) in [6.07, 6.45) is 0.636. The van der Waals surface area contributed by atoms with Gasteiger partial charge in [0.15, 0.2) is 0 Å². The standard InChI is InChI=1S/C15H24N2O2S/c1-5-19-12-9-15(16,14(12,3)4)13(18)17-10(2)11-7-6-8-20-11/h6-8,10,12H,5,9,16H2,1-4H3,(H,17,18). The van der Waals surface area contributed by atoms with E-state index in [1.165, 1.54) is 0 Å². The molecule has 0 aromatic carbocycles. The van der Waals surface area contributed by atoms with Crippen molar-refractivity contribution in [2.45, 2.75) is 51.8 Å². The van der Waals surface area contributed by atoms with Crippen molar-refractivity contribution in [3.8, 4) is 0 Å². The van der Waals surface area contributed by atoms with Gasteiger partial charge in [0.05, 0.1) is 12.1 Å². The average Bonchev–Trinajstić information content (AvgIpc) is 2.92. The number of carbonyl (C=O) groups excluding carboxylic acids is 1. The minimum absolute atomic E-state index is 0.00938. The van der Waals surface area contributed by atoms with Gasteiger partial charge in [-0.2, -0.15) is 0 Å². The second-order valence-corrected chi connectivity index (χ2v) is 7.03. The molecule has 112 valence electrons. The summed E-state index contributed by atoms with van der Waals surface area (Å²) in [5.41, 5.74) is 5.16. The zero-order valence-corrected chi connectivity index (χ0v) is 13.4. The Bertz CT molecular complexity index is 472. The van der Waals surface area contributed by atoms with Crippen molar-refractivity contribution in [1.82, 2.24) is 5.32 Å². The molecule has 3 atom stereocenters. The maximum absolute atomic E-state index is 12.5. The normalized spacial score (nSPS) is 29.6. The first-order chi connectivity index (χ1) is 9.33. The van der Waals surface area contributed by atoms with Crippen molar-refractivity contribution in [1.29, 1.82) is 0 Å². The quantitative estimate of drug-likeness (QED) is 0.877. The van der Waals surface area contributed by atoms with Gasteiger partial charge < -0.3 is 15.8 Å². The molecular weight excluding hydrogens is 272 g/mol. The van der Waals surface area contributed by atoms with Crippen molar-refractivity contribution in [2.24, 2.45) is 11.1 Å². The average molecular weight is 296 g/mol. The molecule has 1 amide bonds. The SMILES string of the molecule is CCOC1CC(N)(C(=O)NC(C)c2cccs2)C1(C)C. The fraction of sp³-hybridized carbons (Fsp3) is 0.667. The van der Waals surface area contributed by atoms with Gasteiger partial charge in [0, 0.05) is 23.3 Å². The molecule has 0 aliphatic heterocycles. The lowest BCUT2D eigenvalue weighted by Gasteiger charge is -2.57. The van der Waals surface area contributed by atoms with Gasteiger partial charge in [-0.3, -0.25) is 4.79 Å². The van der Waals surface area contributed by atoms with Gasteiger partial charge in [0.1, 0.15) is 5.54 Å². The van der Waals surface area contributed by atoms with Crippen LogP contribution in [-0.4, -0.2) is 24.2 Å². The number of carbonyl (C=O) groups is 1. The Morgan fingerprint density at radius 2 is 2.35 bits per heavy atom. The maximum atomic E-state index is 12.5. The summed E-state index contributed by atoms with van der Waals surface area (Å²) in [7, 11) is 0. The second kappa shape index (κ2) is 5.47. The zero-order chi connectivity index (χ0) is 15.0. The molecule has 1 aliphatic rings. The summed E-state index contributed by atoms with van der Waals surface area (Å²) < 4.78 is 5.66. The molecule has 1 saturated carbocycles. The highest BCUT2D eigenvalue weighted by Crippen LogP contribution is 2.50. The molecule has 1 aromatic rings. The third-order valence-electron chi connectivity index (χ3n) is 4.55. The topological polar surface area (TPSA) is 64.3 Å². The van der Waals surface area contributed by atoms with Crippen LogP contribution in [0.2, 0.25) is 0 Å². The highest BCUT2D eigenvalue weighted by Gasteiger charge is 2.62. The van der Waals surface area contributed by atoms with Crippen LogP contribution < -0.4 is 11.1 Å². The summed E-state index contributed by atoms with van der Waals surface area (Å²) >= 11 is 1.64. The predicted octanol–water partition coefficient (Wildman–Crippen LogP) is 2.46. The van der Waals surface area contributed by atoms with E-state index in [0.29, 0.717) is 13.0 Å². The Morgan fingerprint density at radius 1 is 1.65 bits per heavy atom. The van der Waals surface area contributed by atoms with E-state index in [-0.39, 0.29) is 23.5 Å². The summed E-state index contributed by atoms with van der Waals surface area (Å²) in [5, 5.41) is 5.04. The van der Waals surface area contributed by atoms with E-state index in [4.69, 9.17) is 10.5 Å². The lowest BCUT2D eigenvalue weighted by molar-refractivity contribution is -0.171. The third kappa shape index (κ3) is 2.38. The number of nitrogens with two attached hydrogens (primary N) is 1. The molecule has 3 N–H and O–H groups in total. The van der Waals surface area contributed by atoms with E-state index in [1.54, 1.807) is 11.3 Å². The number of hydrogen-bond acceptors (Lipinski definition) is 4. The molecule has 5 heteroatoms. The number of thiophene rings is 1. The van der Waals surface area contributed by atoms with E-state index >= 15 is 0 Å². The van der Waals surface area contributed by atoms with Crippen molar-refractivity contribution in [3.63, 3.8) is 0 Å². The van der Waals surface area contributed by atoms with E-state index in [2.05, 4.69) is 5.32 Å². The summed E-state index contributed by atoms with van der Waals surface area (Å²) in [5.74, 6) is -0.0839. The maximum Gasteiger partial charge on any atom is 0.241 e. The number of ether oxygens (including phenoxy) is 1. The van der Waals surface area contributed by atoms with Crippen LogP contribution in [0.15, 0.2) is 17.5 Å². The van der Waals surface area contributed by atoms with Crippen LogP contribution in [0.1, 0.15) is 45.0 Å². The minimum atomic E-state index is -0.849. The van der Waals surface area contributed by atoms with Crippen LogP contribution in [0.25, 0.3) is 0 Å². The monoisotopic (exact) mass is 296 g/mol. The van der Waals surface area contributed by atoms with Crippen LogP contribution in [0.3, 0.4) is 0 Å². The van der Waals surface area contributed by atoms with Gasteiger partial charge in [-0.1, -0.05) is 19.9 Å². The van der Waals surface area contributed by atoms with E-state index in [0.717, 1.165) is 4.88 Å². The van der Waals surface area contributed by atoms with Gasteiger partial charge in [0.2, 0.25) is 5.91 Å². The molecule has 0 bridgehead atoms. The molecule has 0 spiro atoms. The Hall–Kier alpha value is -0.910.